The molecule has 0 spiro atoms. The number of fused-ring (bicyclic) bond motifs is 12. The van der Waals surface area contributed by atoms with Crippen LogP contribution in [-0.4, -0.2) is 9.55 Å². The summed E-state index contributed by atoms with van der Waals surface area (Å²) in [7, 11) is 0. The number of rotatable bonds is 1. The van der Waals surface area contributed by atoms with Gasteiger partial charge in [0.25, 0.3) is 0 Å². The van der Waals surface area contributed by atoms with Crippen molar-refractivity contribution in [2.45, 2.75) is 0 Å². The fourth-order valence-electron chi connectivity index (χ4n) is 5.38. The number of nitrogens with zero attached hydrogens (tertiary/aromatic N) is 2. The SMILES string of the molecule is c1cncc(-n2c3ccccc3c3c4c5ccccc5oc4c4sc5ccccc5c4c32)c1. The van der Waals surface area contributed by atoms with E-state index in [1.165, 1.54) is 47.4 Å². The van der Waals surface area contributed by atoms with Gasteiger partial charge in [-0.3, -0.25) is 4.98 Å². The highest BCUT2D eigenvalue weighted by Gasteiger charge is 2.24. The van der Waals surface area contributed by atoms with Gasteiger partial charge in [-0.1, -0.05) is 54.6 Å². The fourth-order valence-corrected chi connectivity index (χ4v) is 6.57. The minimum Gasteiger partial charge on any atom is -0.455 e. The smallest absolute Gasteiger partial charge is 0.154 e. The van der Waals surface area contributed by atoms with Crippen molar-refractivity contribution in [2.24, 2.45) is 0 Å². The Hall–Kier alpha value is -4.15. The molecule has 4 heterocycles. The van der Waals surface area contributed by atoms with Gasteiger partial charge in [-0.25, -0.2) is 0 Å². The number of hydrogen-bond donors (Lipinski definition) is 0. The quantitative estimate of drug-likeness (QED) is 0.256. The van der Waals surface area contributed by atoms with E-state index in [0.29, 0.717) is 0 Å². The Balaban J connectivity index is 1.81. The van der Waals surface area contributed by atoms with Crippen LogP contribution in [0.15, 0.2) is 102 Å². The molecular weight excluding hydrogens is 424 g/mol. The van der Waals surface area contributed by atoms with Gasteiger partial charge < -0.3 is 8.98 Å². The van der Waals surface area contributed by atoms with Crippen molar-refractivity contribution in [1.29, 1.82) is 0 Å². The topological polar surface area (TPSA) is 31.0 Å². The molecule has 0 bridgehead atoms. The molecule has 154 valence electrons. The van der Waals surface area contributed by atoms with Crippen LogP contribution >= 0.6 is 11.3 Å². The average Bonchev–Trinajstić information content (AvgIpc) is 3.54. The van der Waals surface area contributed by atoms with Crippen LogP contribution in [0.3, 0.4) is 0 Å². The minimum absolute atomic E-state index is 0.928. The van der Waals surface area contributed by atoms with Crippen LogP contribution in [0.2, 0.25) is 0 Å². The number of hydrogen-bond acceptors (Lipinski definition) is 3. The first-order chi connectivity index (χ1) is 16.4. The van der Waals surface area contributed by atoms with E-state index in [1.54, 1.807) is 0 Å². The first kappa shape index (κ1) is 17.4. The molecule has 0 aliphatic rings. The molecule has 0 aliphatic carbocycles. The Labute approximate surface area is 192 Å². The Morgan fingerprint density at radius 3 is 2.36 bits per heavy atom. The van der Waals surface area contributed by atoms with Gasteiger partial charge in [-0.15, -0.1) is 11.3 Å². The second-order valence-corrected chi connectivity index (χ2v) is 9.44. The fraction of sp³-hybridized carbons (Fsp3) is 0. The summed E-state index contributed by atoms with van der Waals surface area (Å²) in [6, 6.07) is 29.9. The maximum Gasteiger partial charge on any atom is 0.154 e. The summed E-state index contributed by atoms with van der Waals surface area (Å²) in [5.74, 6) is 0. The standard InChI is InChI=1S/C29H16N2OS/c1-4-12-21-18(9-1)24-25-19-10-2-5-13-22(19)32-28(25)29-26(20-11-3-6-14-23(20)33-29)27(24)31(21)17-8-7-15-30-16-17/h1-16H. The van der Waals surface area contributed by atoms with Gasteiger partial charge in [0.05, 0.1) is 27.6 Å². The highest BCUT2D eigenvalue weighted by Crippen LogP contribution is 2.50. The molecule has 0 atom stereocenters. The van der Waals surface area contributed by atoms with Gasteiger partial charge in [0.15, 0.2) is 5.58 Å². The van der Waals surface area contributed by atoms with Crippen molar-refractivity contribution >= 4 is 75.3 Å². The first-order valence-corrected chi connectivity index (χ1v) is 11.8. The van der Waals surface area contributed by atoms with E-state index in [1.807, 2.05) is 35.9 Å². The lowest BCUT2D eigenvalue weighted by atomic mass is 10.0. The minimum atomic E-state index is 0.928. The molecule has 0 radical (unpaired) electrons. The highest BCUT2D eigenvalue weighted by molar-refractivity contribution is 7.26. The average molecular weight is 441 g/mol. The van der Waals surface area contributed by atoms with Crippen LogP contribution < -0.4 is 0 Å². The van der Waals surface area contributed by atoms with Gasteiger partial charge in [-0.05, 0) is 30.3 Å². The Bertz CT molecular complexity index is 2030. The highest BCUT2D eigenvalue weighted by atomic mass is 32.1. The normalized spacial score (nSPS) is 12.2. The second-order valence-electron chi connectivity index (χ2n) is 8.39. The van der Waals surface area contributed by atoms with Crippen molar-refractivity contribution in [2.75, 3.05) is 0 Å². The van der Waals surface area contributed by atoms with Crippen molar-refractivity contribution in [3.8, 4) is 5.69 Å². The molecule has 0 aliphatic heterocycles. The van der Waals surface area contributed by atoms with E-state index in [0.717, 1.165) is 22.2 Å². The van der Waals surface area contributed by atoms with Crippen molar-refractivity contribution < 1.29 is 4.42 Å². The molecule has 0 N–H and O–H groups in total. The van der Waals surface area contributed by atoms with E-state index >= 15 is 0 Å². The number of aromatic nitrogens is 2. The zero-order valence-corrected chi connectivity index (χ0v) is 18.3. The van der Waals surface area contributed by atoms with Gasteiger partial charge in [-0.2, -0.15) is 0 Å². The lowest BCUT2D eigenvalue weighted by molar-refractivity contribution is 0.673. The zero-order valence-electron chi connectivity index (χ0n) is 17.4. The van der Waals surface area contributed by atoms with Crippen molar-refractivity contribution in [1.82, 2.24) is 9.55 Å². The maximum atomic E-state index is 6.56. The van der Waals surface area contributed by atoms with Crippen molar-refractivity contribution in [3.05, 3.63) is 97.3 Å². The molecular formula is C29H16N2OS. The second kappa shape index (κ2) is 6.21. The summed E-state index contributed by atoms with van der Waals surface area (Å²) in [5, 5.41) is 7.33. The summed E-state index contributed by atoms with van der Waals surface area (Å²) in [6.45, 7) is 0. The Kier molecular flexibility index (Phi) is 3.28. The van der Waals surface area contributed by atoms with Gasteiger partial charge in [0, 0.05) is 43.2 Å². The van der Waals surface area contributed by atoms with Gasteiger partial charge in [0.2, 0.25) is 0 Å². The van der Waals surface area contributed by atoms with Crippen LogP contribution in [0.4, 0.5) is 0 Å². The first-order valence-electron chi connectivity index (χ1n) is 11.0. The molecule has 3 nitrogen and oxygen atoms in total. The summed E-state index contributed by atoms with van der Waals surface area (Å²) < 4.78 is 11.4. The van der Waals surface area contributed by atoms with Crippen LogP contribution in [0.25, 0.3) is 69.6 Å². The summed E-state index contributed by atoms with van der Waals surface area (Å²) >= 11 is 1.81. The van der Waals surface area contributed by atoms with Gasteiger partial charge >= 0.3 is 0 Å². The van der Waals surface area contributed by atoms with E-state index < -0.39 is 0 Å². The van der Waals surface area contributed by atoms with Crippen LogP contribution in [0.1, 0.15) is 0 Å². The molecule has 8 rings (SSSR count). The van der Waals surface area contributed by atoms with Crippen LogP contribution in [0, 0.1) is 0 Å². The molecule has 0 saturated heterocycles. The third-order valence-corrected chi connectivity index (χ3v) is 7.83. The zero-order chi connectivity index (χ0) is 21.5. The molecule has 4 aromatic carbocycles. The molecule has 33 heavy (non-hydrogen) atoms. The maximum absolute atomic E-state index is 6.56. The lowest BCUT2D eigenvalue weighted by Gasteiger charge is -2.08. The molecule has 0 unspecified atom stereocenters. The van der Waals surface area contributed by atoms with Gasteiger partial charge in [0.1, 0.15) is 5.58 Å². The van der Waals surface area contributed by atoms with Crippen LogP contribution in [-0.2, 0) is 0 Å². The third kappa shape index (κ3) is 2.16. The van der Waals surface area contributed by atoms with Crippen LogP contribution in [0.5, 0.6) is 0 Å². The van der Waals surface area contributed by atoms with E-state index in [4.69, 9.17) is 4.42 Å². The predicted molar refractivity (Wildman–Crippen MR) is 139 cm³/mol. The number of para-hydroxylation sites is 2. The van der Waals surface area contributed by atoms with E-state index in [2.05, 4.69) is 82.3 Å². The molecule has 4 aromatic heterocycles. The summed E-state index contributed by atoms with van der Waals surface area (Å²) in [5.41, 5.74) is 5.36. The summed E-state index contributed by atoms with van der Waals surface area (Å²) in [4.78, 5) is 4.45. The molecule has 0 saturated carbocycles. The molecule has 0 fully saturated rings. The van der Waals surface area contributed by atoms with E-state index in [9.17, 15) is 0 Å². The largest absolute Gasteiger partial charge is 0.455 e. The Morgan fingerprint density at radius 2 is 1.48 bits per heavy atom. The van der Waals surface area contributed by atoms with E-state index in [-0.39, 0.29) is 0 Å². The Morgan fingerprint density at radius 1 is 0.697 bits per heavy atom. The lowest BCUT2D eigenvalue weighted by Crippen LogP contribution is -1.94. The molecule has 8 aromatic rings. The molecule has 0 amide bonds. The van der Waals surface area contributed by atoms with Crippen molar-refractivity contribution in [3.63, 3.8) is 0 Å². The predicted octanol–water partition coefficient (Wildman–Crippen LogP) is 8.45. The monoisotopic (exact) mass is 440 g/mol. The summed E-state index contributed by atoms with van der Waals surface area (Å²) in [6.07, 6.45) is 3.78. The number of furan rings is 1. The molecule has 4 heteroatoms. The number of pyridine rings is 1. The number of thiophene rings is 1. The number of benzene rings is 4. The third-order valence-electron chi connectivity index (χ3n) is 6.66.